The molecule has 0 saturated heterocycles. The molecule has 1 aliphatic heterocycles. The van der Waals surface area contributed by atoms with Gasteiger partial charge in [0.15, 0.2) is 0 Å². The van der Waals surface area contributed by atoms with E-state index < -0.39 is 17.2 Å². The first-order valence-electron chi connectivity index (χ1n) is 13.5. The number of hydrogen-bond donors (Lipinski definition) is 2. The van der Waals surface area contributed by atoms with Gasteiger partial charge >= 0.3 is 0 Å². The number of aromatic nitrogens is 1. The van der Waals surface area contributed by atoms with Gasteiger partial charge in [-0.2, -0.15) is 0 Å². The van der Waals surface area contributed by atoms with E-state index in [1.165, 1.54) is 17.8 Å². The molecule has 1 saturated carbocycles. The zero-order chi connectivity index (χ0) is 27.7. The van der Waals surface area contributed by atoms with Gasteiger partial charge in [0.25, 0.3) is 0 Å². The second-order valence-corrected chi connectivity index (χ2v) is 11.7. The van der Waals surface area contributed by atoms with Gasteiger partial charge in [-0.25, -0.2) is 4.39 Å². The third kappa shape index (κ3) is 5.69. The van der Waals surface area contributed by atoms with E-state index in [1.54, 1.807) is 19.2 Å². The number of fused-ring (bicyclic) bond motifs is 1. The second-order valence-electron chi connectivity index (χ2n) is 10.6. The molecule has 3 aromatic rings. The van der Waals surface area contributed by atoms with Crippen molar-refractivity contribution in [2.24, 2.45) is 0 Å². The molecule has 0 spiro atoms. The van der Waals surface area contributed by atoms with E-state index in [9.17, 15) is 14.3 Å². The van der Waals surface area contributed by atoms with E-state index in [-0.39, 0.29) is 17.5 Å². The second kappa shape index (κ2) is 11.7. The van der Waals surface area contributed by atoms with Gasteiger partial charge in [0.05, 0.1) is 7.11 Å². The highest BCUT2D eigenvalue weighted by Crippen LogP contribution is 2.46. The lowest BCUT2D eigenvalue weighted by atomic mass is 9.89. The molecule has 2 atom stereocenters. The van der Waals surface area contributed by atoms with Crippen LogP contribution in [0.15, 0.2) is 53.4 Å². The highest BCUT2D eigenvalue weighted by Gasteiger charge is 2.43. The zero-order valence-electron chi connectivity index (χ0n) is 22.9. The highest BCUT2D eigenvalue weighted by atomic mass is 32.2. The predicted molar refractivity (Wildman–Crippen MR) is 152 cm³/mol. The first-order chi connectivity index (χ1) is 18.8. The average Bonchev–Trinajstić information content (AvgIpc) is 3.28. The molecular formula is C31H36FN3O3S. The number of carbonyl (C=O) groups excluding carboxylic acids is 1. The van der Waals surface area contributed by atoms with E-state index >= 15 is 0 Å². The van der Waals surface area contributed by atoms with Gasteiger partial charge in [-0.05, 0) is 94.1 Å². The number of hydrogen-bond acceptors (Lipinski definition) is 6. The fourth-order valence-corrected chi connectivity index (χ4v) is 7.22. The molecule has 2 aliphatic rings. The number of rotatable bonds is 7. The van der Waals surface area contributed by atoms with Crippen LogP contribution in [-0.2, 0) is 11.3 Å². The summed E-state index contributed by atoms with van der Waals surface area (Å²) in [7, 11) is 3.61. The summed E-state index contributed by atoms with van der Waals surface area (Å²) in [5.41, 5.74) is 5.09. The molecule has 1 aliphatic carbocycles. The zero-order valence-corrected chi connectivity index (χ0v) is 23.7. The van der Waals surface area contributed by atoms with Crippen LogP contribution in [-0.4, -0.2) is 52.4 Å². The highest BCUT2D eigenvalue weighted by molar-refractivity contribution is 8.01. The molecule has 5 rings (SSSR count). The lowest BCUT2D eigenvalue weighted by Gasteiger charge is -2.38. The Hall–Kier alpha value is -2.94. The lowest BCUT2D eigenvalue weighted by molar-refractivity contribution is -0.136. The number of pyridine rings is 1. The van der Waals surface area contributed by atoms with Gasteiger partial charge in [-0.1, -0.05) is 12.1 Å². The number of aryl methyl sites for hydroxylation is 2. The molecule has 2 N–H and O–H groups in total. The van der Waals surface area contributed by atoms with Crippen molar-refractivity contribution in [3.05, 3.63) is 76.9 Å². The fraction of sp³-hybridized carbons (Fsp3) is 0.419. The monoisotopic (exact) mass is 549 g/mol. The number of ether oxygens (including phenoxy) is 1. The number of nitrogens with one attached hydrogen (secondary N) is 1. The summed E-state index contributed by atoms with van der Waals surface area (Å²) in [6, 6.07) is 15.3. The van der Waals surface area contributed by atoms with Crippen LogP contribution >= 0.6 is 11.8 Å². The number of halogens is 1. The number of benzene rings is 2. The summed E-state index contributed by atoms with van der Waals surface area (Å²) in [4.78, 5) is 21.2. The number of nitrogens with zero attached hydrogens (tertiary/aromatic N) is 2. The summed E-state index contributed by atoms with van der Waals surface area (Å²) in [6.45, 7) is 4.30. The van der Waals surface area contributed by atoms with Crippen molar-refractivity contribution in [2.45, 2.75) is 74.4 Å². The average molecular weight is 550 g/mol. The van der Waals surface area contributed by atoms with E-state index in [0.29, 0.717) is 23.2 Å². The normalized spacial score (nSPS) is 22.4. The van der Waals surface area contributed by atoms with Gasteiger partial charge in [0, 0.05) is 46.0 Å². The minimum absolute atomic E-state index is 0.0160. The maximum absolute atomic E-state index is 14.6. The molecule has 1 amide bonds. The number of carbonyl (C=O) groups is 1. The Morgan fingerprint density at radius 2 is 1.82 bits per heavy atom. The van der Waals surface area contributed by atoms with Gasteiger partial charge in [-0.15, -0.1) is 11.8 Å². The smallest absolute Gasteiger partial charge is 0.239 e. The van der Waals surface area contributed by atoms with Crippen molar-refractivity contribution in [2.75, 3.05) is 14.2 Å². The van der Waals surface area contributed by atoms with Crippen LogP contribution < -0.4 is 10.1 Å². The Bertz CT molecular complexity index is 1340. The van der Waals surface area contributed by atoms with Crippen LogP contribution in [0.5, 0.6) is 5.75 Å². The summed E-state index contributed by atoms with van der Waals surface area (Å²) >= 11 is 1.26. The van der Waals surface area contributed by atoms with E-state index in [2.05, 4.69) is 28.5 Å². The summed E-state index contributed by atoms with van der Waals surface area (Å²) in [5, 5.41) is 13.7. The molecule has 2 heterocycles. The van der Waals surface area contributed by atoms with Crippen molar-refractivity contribution in [3.8, 4) is 16.9 Å². The van der Waals surface area contributed by atoms with Gasteiger partial charge in [-0.3, -0.25) is 9.78 Å². The van der Waals surface area contributed by atoms with Crippen molar-refractivity contribution in [1.82, 2.24) is 15.2 Å². The van der Waals surface area contributed by atoms with Crippen molar-refractivity contribution in [1.29, 1.82) is 0 Å². The maximum atomic E-state index is 14.6. The fourth-order valence-electron chi connectivity index (χ4n) is 5.94. The van der Waals surface area contributed by atoms with E-state index in [1.807, 2.05) is 37.9 Å². The minimum atomic E-state index is -1.19. The number of aliphatic hydroxyl groups excluding tert-OH is 1. The molecule has 206 valence electrons. The molecule has 2 aromatic carbocycles. The molecule has 39 heavy (non-hydrogen) atoms. The van der Waals surface area contributed by atoms with Crippen molar-refractivity contribution < 1.29 is 19.0 Å². The van der Waals surface area contributed by atoms with Crippen LogP contribution in [0.1, 0.15) is 54.3 Å². The molecule has 6 nitrogen and oxygen atoms in total. The topological polar surface area (TPSA) is 74.7 Å². The molecule has 8 heteroatoms. The Kier molecular flexibility index (Phi) is 8.26. The minimum Gasteiger partial charge on any atom is -0.496 e. The molecule has 1 aromatic heterocycles. The molecule has 0 radical (unpaired) electrons. The van der Waals surface area contributed by atoms with Crippen LogP contribution in [0.4, 0.5) is 4.39 Å². The first-order valence-corrected chi connectivity index (χ1v) is 14.4. The number of amides is 1. The number of methoxy groups -OCH3 is 1. The maximum Gasteiger partial charge on any atom is 0.239 e. The Labute approximate surface area is 234 Å². The number of thioether (sulfide) groups is 1. The molecular weight excluding hydrogens is 513 g/mol. The Morgan fingerprint density at radius 1 is 1.10 bits per heavy atom. The third-order valence-corrected chi connectivity index (χ3v) is 9.28. The van der Waals surface area contributed by atoms with Gasteiger partial charge < -0.3 is 20.1 Å². The van der Waals surface area contributed by atoms with Gasteiger partial charge in [0.2, 0.25) is 5.91 Å². The predicted octanol–water partition coefficient (Wildman–Crippen LogP) is 5.58. The quantitative estimate of drug-likeness (QED) is 0.401. The van der Waals surface area contributed by atoms with Crippen molar-refractivity contribution in [3.63, 3.8) is 0 Å². The first kappa shape index (κ1) is 27.6. The van der Waals surface area contributed by atoms with Crippen molar-refractivity contribution >= 4 is 17.7 Å². The number of aliphatic hydroxyl groups is 1. The Balaban J connectivity index is 1.49. The summed E-state index contributed by atoms with van der Waals surface area (Å²) in [5.74, 6) is 0.0668. The lowest BCUT2D eigenvalue weighted by Crippen LogP contribution is -2.48. The SMILES string of the molecule is CNC1CCC(N(Cc2cc(-c3cc(C)nc(C)c3)ccc2OC)C(=O)C2Sc3cccc(F)c3C2O)CC1. The van der Waals surface area contributed by atoms with E-state index in [4.69, 9.17) is 4.74 Å². The van der Waals surface area contributed by atoms with Crippen LogP contribution in [0.3, 0.4) is 0 Å². The van der Waals surface area contributed by atoms with Crippen LogP contribution in [0.2, 0.25) is 0 Å². The van der Waals surface area contributed by atoms with Crippen LogP contribution in [0, 0.1) is 19.7 Å². The third-order valence-electron chi connectivity index (χ3n) is 7.96. The van der Waals surface area contributed by atoms with Gasteiger partial charge in [0.1, 0.15) is 22.9 Å². The molecule has 2 unspecified atom stereocenters. The largest absolute Gasteiger partial charge is 0.496 e. The standard InChI is InChI=1S/C31H36FN3O3S/c1-18-14-21(15-19(2)34-18)20-8-13-26(38-4)22(16-20)17-35(24-11-9-23(33-3)10-12-24)31(37)30-29(36)28-25(32)6-5-7-27(28)39-30/h5-8,13-16,23-24,29-30,33,36H,9-12,17H2,1-4H3. The summed E-state index contributed by atoms with van der Waals surface area (Å²) < 4.78 is 20.3. The van der Waals surface area contributed by atoms with E-state index in [0.717, 1.165) is 53.8 Å². The Morgan fingerprint density at radius 3 is 2.46 bits per heavy atom. The van der Waals surface area contributed by atoms with Crippen LogP contribution in [0.25, 0.3) is 11.1 Å². The molecule has 0 bridgehead atoms. The molecule has 1 fully saturated rings. The summed E-state index contributed by atoms with van der Waals surface area (Å²) in [6.07, 6.45) is 2.46.